The molecule has 7 nitrogen and oxygen atoms in total. The number of carbonyl (C=O) groups is 2. The van der Waals surface area contributed by atoms with Crippen LogP contribution in [0.4, 0.5) is 4.79 Å². The lowest BCUT2D eigenvalue weighted by molar-refractivity contribution is -0.126. The summed E-state index contributed by atoms with van der Waals surface area (Å²) in [6, 6.07) is 17.5. The molecule has 2 rings (SSSR count). The second kappa shape index (κ2) is 12.4. The van der Waals surface area contributed by atoms with E-state index in [0.29, 0.717) is 0 Å². The third kappa shape index (κ3) is 8.45. The SMILES string of the molecule is CC(C)COC([C]=O)NC(=O)[C@H](Cc1ccccc1)NC(=O)OCc1ccccc1. The van der Waals surface area contributed by atoms with Crippen molar-refractivity contribution >= 4 is 18.3 Å². The van der Waals surface area contributed by atoms with Gasteiger partial charge in [0.15, 0.2) is 6.23 Å². The first-order valence-corrected chi connectivity index (χ1v) is 9.78. The maximum absolute atomic E-state index is 12.7. The Morgan fingerprint density at radius 3 is 2.10 bits per heavy atom. The highest BCUT2D eigenvalue weighted by Gasteiger charge is 2.25. The minimum Gasteiger partial charge on any atom is -0.445 e. The Morgan fingerprint density at radius 1 is 0.933 bits per heavy atom. The van der Waals surface area contributed by atoms with Crippen molar-refractivity contribution in [3.05, 3.63) is 71.8 Å². The Hall–Kier alpha value is -3.19. The van der Waals surface area contributed by atoms with Crippen molar-refractivity contribution in [3.8, 4) is 0 Å². The van der Waals surface area contributed by atoms with Crippen LogP contribution in [0.15, 0.2) is 60.7 Å². The number of benzene rings is 2. The van der Waals surface area contributed by atoms with Crippen LogP contribution >= 0.6 is 0 Å². The first kappa shape index (κ1) is 23.1. The first-order valence-electron chi connectivity index (χ1n) is 9.78. The molecule has 0 saturated carbocycles. The number of ether oxygens (including phenoxy) is 2. The van der Waals surface area contributed by atoms with Crippen molar-refractivity contribution in [3.63, 3.8) is 0 Å². The summed E-state index contributed by atoms with van der Waals surface area (Å²) in [7, 11) is 0. The highest BCUT2D eigenvalue weighted by atomic mass is 16.5. The normalized spacial score (nSPS) is 12.6. The lowest BCUT2D eigenvalue weighted by Crippen LogP contribution is -2.52. The minimum atomic E-state index is -1.21. The predicted molar refractivity (Wildman–Crippen MR) is 112 cm³/mol. The van der Waals surface area contributed by atoms with Gasteiger partial charge in [-0.25, -0.2) is 4.79 Å². The first-order chi connectivity index (χ1) is 14.5. The van der Waals surface area contributed by atoms with Gasteiger partial charge in [0.25, 0.3) is 6.29 Å². The monoisotopic (exact) mass is 411 g/mol. The average molecular weight is 411 g/mol. The highest BCUT2D eigenvalue weighted by molar-refractivity contribution is 5.87. The van der Waals surface area contributed by atoms with E-state index in [2.05, 4.69) is 10.6 Å². The molecule has 0 aliphatic rings. The van der Waals surface area contributed by atoms with Gasteiger partial charge in [0.05, 0.1) is 6.61 Å². The number of rotatable bonds is 11. The molecule has 0 aliphatic carbocycles. The molecule has 0 aromatic heterocycles. The summed E-state index contributed by atoms with van der Waals surface area (Å²) in [6.45, 7) is 4.21. The smallest absolute Gasteiger partial charge is 0.408 e. The number of carbonyl (C=O) groups excluding carboxylic acids is 3. The summed E-state index contributed by atoms with van der Waals surface area (Å²) in [6.07, 6.45) is -0.0558. The lowest BCUT2D eigenvalue weighted by Gasteiger charge is -2.21. The Labute approximate surface area is 176 Å². The Bertz CT molecular complexity index is 796. The van der Waals surface area contributed by atoms with E-state index in [1.54, 1.807) is 6.29 Å². The molecule has 2 aromatic rings. The van der Waals surface area contributed by atoms with E-state index in [1.807, 2.05) is 74.5 Å². The third-order valence-corrected chi connectivity index (χ3v) is 4.08. The molecule has 0 spiro atoms. The minimum absolute atomic E-state index is 0.0780. The van der Waals surface area contributed by atoms with E-state index in [4.69, 9.17) is 9.47 Å². The van der Waals surface area contributed by atoms with Crippen LogP contribution in [-0.2, 0) is 32.1 Å². The van der Waals surface area contributed by atoms with Crippen molar-refractivity contribution in [2.75, 3.05) is 6.61 Å². The van der Waals surface area contributed by atoms with Crippen molar-refractivity contribution in [1.29, 1.82) is 0 Å². The molecule has 0 heterocycles. The summed E-state index contributed by atoms with van der Waals surface area (Å²) in [4.78, 5) is 36.1. The molecule has 30 heavy (non-hydrogen) atoms. The fraction of sp³-hybridized carbons (Fsp3) is 0.348. The zero-order valence-electron chi connectivity index (χ0n) is 17.2. The second-order valence-electron chi connectivity index (χ2n) is 7.18. The van der Waals surface area contributed by atoms with E-state index in [1.165, 1.54) is 0 Å². The van der Waals surface area contributed by atoms with Gasteiger partial charge < -0.3 is 20.1 Å². The van der Waals surface area contributed by atoms with E-state index < -0.39 is 24.3 Å². The number of hydrogen-bond acceptors (Lipinski definition) is 5. The van der Waals surface area contributed by atoms with E-state index in [9.17, 15) is 14.4 Å². The Kier molecular flexibility index (Phi) is 9.54. The molecule has 2 amide bonds. The summed E-state index contributed by atoms with van der Waals surface area (Å²) in [5.41, 5.74) is 1.67. The molecule has 0 saturated heterocycles. The highest BCUT2D eigenvalue weighted by Crippen LogP contribution is 2.06. The molecule has 0 fully saturated rings. The zero-order chi connectivity index (χ0) is 21.8. The van der Waals surface area contributed by atoms with Crippen LogP contribution in [0.3, 0.4) is 0 Å². The van der Waals surface area contributed by atoms with Crippen molar-refractivity contribution in [2.45, 2.75) is 39.1 Å². The van der Waals surface area contributed by atoms with Crippen LogP contribution in [0.25, 0.3) is 0 Å². The number of amides is 2. The van der Waals surface area contributed by atoms with Gasteiger partial charge in [0, 0.05) is 6.42 Å². The average Bonchev–Trinajstić information content (AvgIpc) is 2.76. The summed E-state index contributed by atoms with van der Waals surface area (Å²) in [5, 5.41) is 5.04. The van der Waals surface area contributed by atoms with Gasteiger partial charge in [-0.05, 0) is 17.0 Å². The van der Waals surface area contributed by atoms with Crippen LogP contribution in [0.1, 0.15) is 25.0 Å². The quantitative estimate of drug-likeness (QED) is 0.555. The molecular weight excluding hydrogens is 384 g/mol. The molecular formula is C23H27N2O5. The maximum atomic E-state index is 12.7. The number of nitrogens with one attached hydrogen (secondary N) is 2. The zero-order valence-corrected chi connectivity index (χ0v) is 17.2. The molecule has 0 bridgehead atoms. The molecule has 159 valence electrons. The topological polar surface area (TPSA) is 93.7 Å². The van der Waals surface area contributed by atoms with Crippen LogP contribution in [-0.4, -0.2) is 37.2 Å². The molecule has 7 heteroatoms. The van der Waals surface area contributed by atoms with E-state index in [0.717, 1.165) is 11.1 Å². The van der Waals surface area contributed by atoms with Gasteiger partial charge >= 0.3 is 6.09 Å². The van der Waals surface area contributed by atoms with E-state index in [-0.39, 0.29) is 25.6 Å². The standard InChI is InChI=1S/C23H27N2O5/c1-17(2)15-29-21(14-26)25-22(27)20(13-18-9-5-3-6-10-18)24-23(28)30-16-19-11-7-4-8-12-19/h3-12,17,20-21H,13,15-16H2,1-2H3,(H,24,28)(H,25,27)/t20-,21?/m0/s1. The molecule has 1 unspecified atom stereocenters. The number of alkyl carbamates (subject to hydrolysis) is 1. The summed E-state index contributed by atoms with van der Waals surface area (Å²) in [5.74, 6) is -0.378. The molecule has 2 atom stereocenters. The number of hydrogen-bond donors (Lipinski definition) is 2. The van der Waals surface area contributed by atoms with Gasteiger partial charge in [-0.1, -0.05) is 74.5 Å². The Morgan fingerprint density at radius 2 is 1.53 bits per heavy atom. The molecule has 0 aliphatic heterocycles. The van der Waals surface area contributed by atoms with Crippen LogP contribution in [0, 0.1) is 5.92 Å². The fourth-order valence-corrected chi connectivity index (χ4v) is 2.59. The predicted octanol–water partition coefficient (Wildman–Crippen LogP) is 2.75. The van der Waals surface area contributed by atoms with Gasteiger partial charge in [-0.15, -0.1) is 0 Å². The van der Waals surface area contributed by atoms with Crippen LogP contribution in [0.5, 0.6) is 0 Å². The summed E-state index contributed by atoms with van der Waals surface area (Å²) < 4.78 is 10.6. The van der Waals surface area contributed by atoms with Gasteiger partial charge in [-0.3, -0.25) is 9.59 Å². The van der Waals surface area contributed by atoms with Crippen LogP contribution in [0.2, 0.25) is 0 Å². The van der Waals surface area contributed by atoms with E-state index >= 15 is 0 Å². The largest absolute Gasteiger partial charge is 0.445 e. The van der Waals surface area contributed by atoms with Crippen molar-refractivity contribution in [1.82, 2.24) is 10.6 Å². The maximum Gasteiger partial charge on any atom is 0.408 e. The second-order valence-corrected chi connectivity index (χ2v) is 7.18. The van der Waals surface area contributed by atoms with Gasteiger partial charge in [0.1, 0.15) is 12.6 Å². The molecule has 2 aromatic carbocycles. The lowest BCUT2D eigenvalue weighted by atomic mass is 10.1. The Balaban J connectivity index is 2.00. The van der Waals surface area contributed by atoms with Crippen LogP contribution < -0.4 is 10.6 Å². The fourth-order valence-electron chi connectivity index (χ4n) is 2.59. The van der Waals surface area contributed by atoms with Gasteiger partial charge in [0.2, 0.25) is 5.91 Å². The van der Waals surface area contributed by atoms with Crippen molar-refractivity contribution in [2.24, 2.45) is 5.92 Å². The summed E-state index contributed by atoms with van der Waals surface area (Å²) >= 11 is 0. The molecule has 1 radical (unpaired) electrons. The molecule has 2 N–H and O–H groups in total. The van der Waals surface area contributed by atoms with Crippen molar-refractivity contribution < 1.29 is 23.9 Å². The third-order valence-electron chi connectivity index (χ3n) is 4.08. The van der Waals surface area contributed by atoms with Gasteiger partial charge in [-0.2, -0.15) is 0 Å².